The zero-order valence-electron chi connectivity index (χ0n) is 10.1. The predicted molar refractivity (Wildman–Crippen MR) is 67.2 cm³/mol. The quantitative estimate of drug-likeness (QED) is 0.506. The summed E-state index contributed by atoms with van der Waals surface area (Å²) in [4.78, 5) is 11.3. The van der Waals surface area contributed by atoms with Crippen molar-refractivity contribution in [2.24, 2.45) is 0 Å². The minimum atomic E-state index is -0.205. The molecule has 0 radical (unpaired) electrons. The Balaban J connectivity index is 2.84. The third kappa shape index (κ3) is 3.72. The summed E-state index contributed by atoms with van der Waals surface area (Å²) in [7, 11) is 1.56. The fourth-order valence-corrected chi connectivity index (χ4v) is 1.53. The predicted octanol–water partition coefficient (Wildman–Crippen LogP) is 0.891. The van der Waals surface area contributed by atoms with Crippen molar-refractivity contribution in [1.82, 2.24) is 0 Å². The summed E-state index contributed by atoms with van der Waals surface area (Å²) in [6.45, 7) is 1.80. The first-order chi connectivity index (χ1) is 8.08. The van der Waals surface area contributed by atoms with Crippen molar-refractivity contribution in [1.29, 1.82) is 0 Å². The van der Waals surface area contributed by atoms with Gasteiger partial charge in [0.1, 0.15) is 0 Å². The van der Waals surface area contributed by atoms with Gasteiger partial charge in [0, 0.05) is 24.0 Å². The Labute approximate surface area is 101 Å². The molecular formula is C12H18N2O3. The van der Waals surface area contributed by atoms with Crippen molar-refractivity contribution >= 4 is 17.2 Å². The number of ketones is 1. The first-order valence-corrected chi connectivity index (χ1v) is 5.35. The highest BCUT2D eigenvalue weighted by molar-refractivity contribution is 6.00. The van der Waals surface area contributed by atoms with Gasteiger partial charge >= 0.3 is 0 Å². The number of nitrogens with one attached hydrogen (secondary N) is 1. The van der Waals surface area contributed by atoms with Gasteiger partial charge in [0.05, 0.1) is 19.3 Å². The van der Waals surface area contributed by atoms with Gasteiger partial charge in [0.2, 0.25) is 0 Å². The molecule has 17 heavy (non-hydrogen) atoms. The van der Waals surface area contributed by atoms with E-state index in [1.54, 1.807) is 25.3 Å². The van der Waals surface area contributed by atoms with Crippen molar-refractivity contribution in [2.75, 3.05) is 31.4 Å². The molecule has 0 aliphatic rings. The molecule has 1 aromatic carbocycles. The number of carbonyl (C=O) groups excluding carboxylic acids is 1. The van der Waals surface area contributed by atoms with Crippen LogP contribution >= 0.6 is 0 Å². The van der Waals surface area contributed by atoms with E-state index < -0.39 is 0 Å². The van der Waals surface area contributed by atoms with Gasteiger partial charge in [-0.2, -0.15) is 0 Å². The Hall–Kier alpha value is -1.59. The number of anilines is 2. The normalized spacial score (nSPS) is 12.2. The first kappa shape index (κ1) is 13.5. The third-order valence-corrected chi connectivity index (χ3v) is 2.39. The molecule has 1 unspecified atom stereocenters. The molecule has 0 saturated heterocycles. The second-order valence-corrected chi connectivity index (χ2v) is 3.84. The number of methoxy groups -OCH3 is 1. The van der Waals surface area contributed by atoms with Gasteiger partial charge in [0.15, 0.2) is 5.78 Å². The Morgan fingerprint density at radius 3 is 2.82 bits per heavy atom. The highest BCUT2D eigenvalue weighted by atomic mass is 16.5. The van der Waals surface area contributed by atoms with Gasteiger partial charge in [0.25, 0.3) is 0 Å². The van der Waals surface area contributed by atoms with Crippen LogP contribution in [0.5, 0.6) is 0 Å². The van der Waals surface area contributed by atoms with Crippen LogP contribution in [0.1, 0.15) is 17.3 Å². The second-order valence-electron chi connectivity index (χ2n) is 3.84. The Bertz CT molecular complexity index is 393. The van der Waals surface area contributed by atoms with Crippen LogP contribution in [-0.4, -0.2) is 37.3 Å². The maximum Gasteiger partial charge on any atom is 0.161 e. The van der Waals surface area contributed by atoms with Crippen LogP contribution in [0, 0.1) is 0 Å². The third-order valence-electron chi connectivity index (χ3n) is 2.39. The first-order valence-electron chi connectivity index (χ1n) is 5.35. The minimum absolute atomic E-state index is 0.0480. The molecule has 4 N–H and O–H groups in total. The van der Waals surface area contributed by atoms with Gasteiger partial charge in [-0.05, 0) is 25.1 Å². The van der Waals surface area contributed by atoms with E-state index in [1.807, 2.05) is 0 Å². The number of hydrogen-bond acceptors (Lipinski definition) is 5. The molecule has 0 aliphatic carbocycles. The smallest absolute Gasteiger partial charge is 0.161 e. The number of benzene rings is 1. The summed E-state index contributed by atoms with van der Waals surface area (Å²) in [6, 6.07) is 4.90. The Kier molecular flexibility index (Phi) is 4.93. The van der Waals surface area contributed by atoms with Crippen LogP contribution in [0.3, 0.4) is 0 Å². The summed E-state index contributed by atoms with van der Waals surface area (Å²) in [5.74, 6) is -0.0848. The van der Waals surface area contributed by atoms with E-state index in [1.165, 1.54) is 6.92 Å². The molecule has 0 aromatic heterocycles. The lowest BCUT2D eigenvalue weighted by Crippen LogP contribution is -2.28. The van der Waals surface area contributed by atoms with Crippen molar-refractivity contribution in [3.63, 3.8) is 0 Å². The van der Waals surface area contributed by atoms with Gasteiger partial charge in [-0.1, -0.05) is 0 Å². The molecule has 0 heterocycles. The highest BCUT2D eigenvalue weighted by Crippen LogP contribution is 2.19. The summed E-state index contributed by atoms with van der Waals surface area (Å²) in [6.07, 6.45) is 0. The van der Waals surface area contributed by atoms with E-state index in [4.69, 9.17) is 15.6 Å². The van der Waals surface area contributed by atoms with Crippen LogP contribution < -0.4 is 11.1 Å². The van der Waals surface area contributed by atoms with E-state index in [-0.39, 0.29) is 18.4 Å². The number of nitrogen functional groups attached to an aromatic ring is 1. The lowest BCUT2D eigenvalue weighted by Gasteiger charge is -2.17. The van der Waals surface area contributed by atoms with Gasteiger partial charge < -0.3 is 20.9 Å². The maximum absolute atomic E-state index is 11.3. The largest absolute Gasteiger partial charge is 0.398 e. The summed E-state index contributed by atoms with van der Waals surface area (Å²) in [5, 5.41) is 12.2. The number of aliphatic hydroxyl groups is 1. The van der Waals surface area contributed by atoms with Crippen LogP contribution in [0.15, 0.2) is 18.2 Å². The molecule has 0 aliphatic heterocycles. The number of nitrogens with two attached hydrogens (primary N) is 1. The van der Waals surface area contributed by atoms with Gasteiger partial charge in [-0.3, -0.25) is 4.79 Å². The molecular weight excluding hydrogens is 220 g/mol. The molecule has 94 valence electrons. The van der Waals surface area contributed by atoms with Crippen molar-refractivity contribution in [2.45, 2.75) is 13.0 Å². The van der Waals surface area contributed by atoms with Crippen LogP contribution in [0.4, 0.5) is 11.4 Å². The molecule has 1 aromatic rings. The fraction of sp³-hybridized carbons (Fsp3) is 0.417. The molecule has 5 heteroatoms. The van der Waals surface area contributed by atoms with Crippen molar-refractivity contribution in [3.8, 4) is 0 Å². The monoisotopic (exact) mass is 238 g/mol. The number of hydrogen-bond donors (Lipinski definition) is 3. The number of Topliss-reactive ketones (excluding diaryl/α,β-unsaturated/α-hetero) is 1. The SMILES string of the molecule is COCC(CO)Nc1ccc(N)c(C(C)=O)c1. The van der Waals surface area contributed by atoms with Crippen molar-refractivity contribution in [3.05, 3.63) is 23.8 Å². The van der Waals surface area contributed by atoms with E-state index in [2.05, 4.69) is 5.32 Å². The number of ether oxygens (including phenoxy) is 1. The number of carbonyl (C=O) groups is 1. The Morgan fingerprint density at radius 2 is 2.29 bits per heavy atom. The van der Waals surface area contributed by atoms with Crippen LogP contribution in [0.25, 0.3) is 0 Å². The highest BCUT2D eigenvalue weighted by Gasteiger charge is 2.09. The second kappa shape index (κ2) is 6.22. The molecule has 1 rings (SSSR count). The molecule has 0 fully saturated rings. The average Bonchev–Trinajstić information content (AvgIpc) is 2.30. The van der Waals surface area contributed by atoms with Crippen molar-refractivity contribution < 1.29 is 14.6 Å². The molecule has 0 amide bonds. The number of aliphatic hydroxyl groups excluding tert-OH is 1. The zero-order valence-corrected chi connectivity index (χ0v) is 10.1. The maximum atomic E-state index is 11.3. The van der Waals surface area contributed by atoms with Crippen LogP contribution in [-0.2, 0) is 4.74 Å². The fourth-order valence-electron chi connectivity index (χ4n) is 1.53. The van der Waals surface area contributed by atoms with E-state index in [9.17, 15) is 4.79 Å². The molecule has 0 saturated carbocycles. The standard InChI is InChI=1S/C12H18N2O3/c1-8(16)11-5-9(3-4-12(11)13)14-10(6-15)7-17-2/h3-5,10,14-15H,6-7,13H2,1-2H3. The zero-order chi connectivity index (χ0) is 12.8. The molecule has 5 nitrogen and oxygen atoms in total. The van der Waals surface area contributed by atoms with Gasteiger partial charge in [-0.25, -0.2) is 0 Å². The van der Waals surface area contributed by atoms with E-state index in [0.717, 1.165) is 5.69 Å². The van der Waals surface area contributed by atoms with E-state index >= 15 is 0 Å². The summed E-state index contributed by atoms with van der Waals surface area (Å²) < 4.78 is 4.95. The van der Waals surface area contributed by atoms with E-state index in [0.29, 0.717) is 17.9 Å². The van der Waals surface area contributed by atoms with Gasteiger partial charge in [-0.15, -0.1) is 0 Å². The molecule has 0 spiro atoms. The number of rotatable bonds is 6. The summed E-state index contributed by atoms with van der Waals surface area (Å²) >= 11 is 0. The van der Waals surface area contributed by atoms with Crippen LogP contribution in [0.2, 0.25) is 0 Å². The topological polar surface area (TPSA) is 84.6 Å². The Morgan fingerprint density at radius 1 is 1.59 bits per heavy atom. The lowest BCUT2D eigenvalue weighted by molar-refractivity contribution is 0.101. The molecule has 0 bridgehead atoms. The lowest BCUT2D eigenvalue weighted by atomic mass is 10.1. The average molecular weight is 238 g/mol. The summed E-state index contributed by atoms with van der Waals surface area (Å²) in [5.41, 5.74) is 7.36. The minimum Gasteiger partial charge on any atom is -0.398 e. The molecule has 1 atom stereocenters.